The number of carbonyl (C=O) groups excluding carboxylic acids is 1. The van der Waals surface area contributed by atoms with Crippen molar-refractivity contribution in [1.82, 2.24) is 0 Å². The smallest absolute Gasteiger partial charge is 0.185 e. The van der Waals surface area contributed by atoms with Crippen LogP contribution in [0.25, 0.3) is 0 Å². The first-order valence-electron chi connectivity index (χ1n) is 11.5. The second-order valence-corrected chi connectivity index (χ2v) is 8.43. The van der Waals surface area contributed by atoms with Gasteiger partial charge in [-0.05, 0) is 85.1 Å². The van der Waals surface area contributed by atoms with Gasteiger partial charge >= 0.3 is 0 Å². The minimum Gasteiger partial charge on any atom is -0.457 e. The number of hydrogen-bond donors (Lipinski definition) is 1. The largest absolute Gasteiger partial charge is 0.457 e. The van der Waals surface area contributed by atoms with E-state index in [2.05, 4.69) is 23.5 Å². The predicted octanol–water partition coefficient (Wildman–Crippen LogP) is 6.62. The highest BCUT2D eigenvalue weighted by Crippen LogP contribution is 2.33. The van der Waals surface area contributed by atoms with Gasteiger partial charge in [0.15, 0.2) is 5.78 Å². The van der Waals surface area contributed by atoms with Gasteiger partial charge in [-0.2, -0.15) is 10.5 Å². The summed E-state index contributed by atoms with van der Waals surface area (Å²) in [5.41, 5.74) is 3.69. The standard InChI is InChI=1S/C30H21N3O3/c31-18-20-5-10-24(11-6-20)35-26-15-23(16-27(17-26)36-25-12-7-21(19-32)8-13-25)30(34)29-14-9-22-3-1-2-4-28(22)33-29/h1-8,10-13,15-17,29,33H,9,14H2. The molecular formula is C30H21N3O3. The number of aryl methyl sites for hydroxylation is 1. The molecule has 0 aliphatic carbocycles. The van der Waals surface area contributed by atoms with Gasteiger partial charge in [-0.15, -0.1) is 0 Å². The lowest BCUT2D eigenvalue weighted by Crippen LogP contribution is -2.33. The lowest BCUT2D eigenvalue weighted by Gasteiger charge is -2.26. The second-order valence-electron chi connectivity index (χ2n) is 8.43. The molecule has 4 aromatic carbocycles. The third-order valence-corrected chi connectivity index (χ3v) is 5.97. The maximum Gasteiger partial charge on any atom is 0.185 e. The molecule has 1 atom stereocenters. The highest BCUT2D eigenvalue weighted by molar-refractivity contribution is 6.02. The number of hydrogen-bond acceptors (Lipinski definition) is 6. The monoisotopic (exact) mass is 471 g/mol. The Kier molecular flexibility index (Phi) is 6.34. The summed E-state index contributed by atoms with van der Waals surface area (Å²) in [6, 6.07) is 30.4. The van der Waals surface area contributed by atoms with Crippen LogP contribution < -0.4 is 14.8 Å². The first kappa shape index (κ1) is 22.7. The summed E-state index contributed by atoms with van der Waals surface area (Å²) in [6.07, 6.45) is 1.50. The van der Waals surface area contributed by atoms with E-state index in [4.69, 9.17) is 20.0 Å². The number of carbonyl (C=O) groups is 1. The highest BCUT2D eigenvalue weighted by atomic mass is 16.5. The Morgan fingerprint density at radius 3 is 1.86 bits per heavy atom. The van der Waals surface area contributed by atoms with Crippen molar-refractivity contribution in [2.45, 2.75) is 18.9 Å². The van der Waals surface area contributed by atoms with Crippen molar-refractivity contribution in [2.24, 2.45) is 0 Å². The van der Waals surface area contributed by atoms with Crippen LogP contribution >= 0.6 is 0 Å². The van der Waals surface area contributed by atoms with Crippen molar-refractivity contribution in [3.63, 3.8) is 0 Å². The van der Waals surface area contributed by atoms with Crippen LogP contribution in [0.4, 0.5) is 5.69 Å². The van der Waals surface area contributed by atoms with E-state index in [1.54, 1.807) is 66.7 Å². The molecule has 5 rings (SSSR count). The van der Waals surface area contributed by atoms with Crippen LogP contribution in [0.15, 0.2) is 91.0 Å². The van der Waals surface area contributed by atoms with E-state index in [9.17, 15) is 4.79 Å². The normalized spacial score (nSPS) is 13.9. The predicted molar refractivity (Wildman–Crippen MR) is 135 cm³/mol. The molecule has 1 unspecified atom stereocenters. The van der Waals surface area contributed by atoms with Gasteiger partial charge in [-0.25, -0.2) is 0 Å². The van der Waals surface area contributed by atoms with Gasteiger partial charge in [0.2, 0.25) is 0 Å². The third kappa shape index (κ3) is 5.04. The van der Waals surface area contributed by atoms with E-state index >= 15 is 0 Å². The number of fused-ring (bicyclic) bond motifs is 1. The summed E-state index contributed by atoms with van der Waals surface area (Å²) < 4.78 is 12.0. The summed E-state index contributed by atoms with van der Waals surface area (Å²) in [5, 5.41) is 21.4. The van der Waals surface area contributed by atoms with Crippen molar-refractivity contribution in [2.75, 3.05) is 5.32 Å². The molecule has 1 aliphatic rings. The molecule has 1 heterocycles. The molecule has 36 heavy (non-hydrogen) atoms. The molecule has 0 bridgehead atoms. The van der Waals surface area contributed by atoms with Crippen molar-refractivity contribution >= 4 is 11.5 Å². The molecule has 0 fully saturated rings. The zero-order valence-electron chi connectivity index (χ0n) is 19.3. The maximum absolute atomic E-state index is 13.5. The van der Waals surface area contributed by atoms with Crippen molar-refractivity contribution in [3.05, 3.63) is 113 Å². The average molecular weight is 472 g/mol. The Bertz CT molecular complexity index is 1420. The molecule has 174 valence electrons. The van der Waals surface area contributed by atoms with E-state index < -0.39 is 0 Å². The molecule has 6 nitrogen and oxygen atoms in total. The number of ketones is 1. The van der Waals surface area contributed by atoms with Crippen LogP contribution in [0.5, 0.6) is 23.0 Å². The lowest BCUT2D eigenvalue weighted by atomic mass is 9.93. The van der Waals surface area contributed by atoms with Crippen molar-refractivity contribution < 1.29 is 14.3 Å². The molecule has 6 heteroatoms. The lowest BCUT2D eigenvalue weighted by molar-refractivity contribution is 0.0964. The van der Waals surface area contributed by atoms with Crippen LogP contribution in [0.2, 0.25) is 0 Å². The Labute approximate surface area is 209 Å². The van der Waals surface area contributed by atoms with Crippen LogP contribution in [-0.2, 0) is 6.42 Å². The molecule has 0 radical (unpaired) electrons. The molecule has 0 spiro atoms. The van der Waals surface area contributed by atoms with E-state index in [1.165, 1.54) is 5.56 Å². The fourth-order valence-corrected chi connectivity index (χ4v) is 4.14. The minimum absolute atomic E-state index is 0.0561. The van der Waals surface area contributed by atoms with Gasteiger partial charge in [-0.3, -0.25) is 4.79 Å². The number of benzene rings is 4. The number of nitrogens with one attached hydrogen (secondary N) is 1. The van der Waals surface area contributed by atoms with Crippen molar-refractivity contribution in [3.8, 4) is 35.1 Å². The second kappa shape index (κ2) is 10.0. The molecule has 0 amide bonds. The molecule has 0 aromatic heterocycles. The number of Topliss-reactive ketones (excluding diaryl/α,β-unsaturated/α-hetero) is 1. The zero-order chi connectivity index (χ0) is 24.9. The maximum atomic E-state index is 13.5. The SMILES string of the molecule is N#Cc1ccc(Oc2cc(Oc3ccc(C#N)cc3)cc(C(=O)C3CCc4ccccc4N3)c2)cc1. The Balaban J connectivity index is 1.45. The Morgan fingerprint density at radius 1 is 0.750 bits per heavy atom. The number of nitrogens with zero attached hydrogens (tertiary/aromatic N) is 2. The third-order valence-electron chi connectivity index (χ3n) is 5.97. The van der Waals surface area contributed by atoms with Gasteiger partial charge in [0.1, 0.15) is 23.0 Å². The van der Waals surface area contributed by atoms with Crippen LogP contribution in [-0.4, -0.2) is 11.8 Å². The first-order chi connectivity index (χ1) is 17.6. The summed E-state index contributed by atoms with van der Waals surface area (Å²) in [4.78, 5) is 13.5. The van der Waals surface area contributed by atoms with E-state index in [0.717, 1.165) is 12.1 Å². The number of ether oxygens (including phenoxy) is 2. The fraction of sp³-hybridized carbons (Fsp3) is 0.100. The molecule has 4 aromatic rings. The van der Waals surface area contributed by atoms with Gasteiger partial charge in [0.25, 0.3) is 0 Å². The Morgan fingerprint density at radius 2 is 1.31 bits per heavy atom. The molecule has 0 saturated heterocycles. The van der Waals surface area contributed by atoms with E-state index in [-0.39, 0.29) is 11.8 Å². The van der Waals surface area contributed by atoms with Gasteiger partial charge in [0.05, 0.1) is 29.3 Å². The molecular weight excluding hydrogens is 450 g/mol. The topological polar surface area (TPSA) is 95.1 Å². The quantitative estimate of drug-likeness (QED) is 0.317. The van der Waals surface area contributed by atoms with Crippen molar-refractivity contribution in [1.29, 1.82) is 10.5 Å². The molecule has 1 aliphatic heterocycles. The summed E-state index contributed by atoms with van der Waals surface area (Å²) >= 11 is 0. The van der Waals surface area contributed by atoms with Gasteiger partial charge in [0, 0.05) is 17.3 Å². The van der Waals surface area contributed by atoms with Crippen LogP contribution in [0.3, 0.4) is 0 Å². The molecule has 1 N–H and O–H groups in total. The van der Waals surface area contributed by atoms with E-state index in [1.807, 2.05) is 18.2 Å². The van der Waals surface area contributed by atoms with E-state index in [0.29, 0.717) is 46.1 Å². The Hall–Kier alpha value is -5.07. The summed E-state index contributed by atoms with van der Waals surface area (Å²) in [5.74, 6) is 1.88. The summed E-state index contributed by atoms with van der Waals surface area (Å²) in [6.45, 7) is 0. The molecule has 0 saturated carbocycles. The van der Waals surface area contributed by atoms with Gasteiger partial charge < -0.3 is 14.8 Å². The number of nitriles is 2. The number of para-hydroxylation sites is 1. The minimum atomic E-state index is -0.368. The zero-order valence-corrected chi connectivity index (χ0v) is 19.3. The fourth-order valence-electron chi connectivity index (χ4n) is 4.14. The number of anilines is 1. The highest BCUT2D eigenvalue weighted by Gasteiger charge is 2.25. The number of rotatable bonds is 6. The van der Waals surface area contributed by atoms with Crippen LogP contribution in [0, 0.1) is 22.7 Å². The van der Waals surface area contributed by atoms with Gasteiger partial charge in [-0.1, -0.05) is 18.2 Å². The summed E-state index contributed by atoms with van der Waals surface area (Å²) in [7, 11) is 0. The first-order valence-corrected chi connectivity index (χ1v) is 11.5. The van der Waals surface area contributed by atoms with Crippen LogP contribution in [0.1, 0.15) is 33.5 Å². The average Bonchev–Trinajstić information content (AvgIpc) is 2.93.